The Bertz CT molecular complexity index is 548. The van der Waals surface area contributed by atoms with Gasteiger partial charge in [0.05, 0.1) is 12.1 Å². The van der Waals surface area contributed by atoms with E-state index < -0.39 is 0 Å². The lowest BCUT2D eigenvalue weighted by molar-refractivity contribution is 0.166. The minimum Gasteiger partial charge on any atom is -0.493 e. The predicted molar refractivity (Wildman–Crippen MR) is 84.0 cm³/mol. The van der Waals surface area contributed by atoms with Crippen molar-refractivity contribution in [3.8, 4) is 5.75 Å². The largest absolute Gasteiger partial charge is 0.493 e. The lowest BCUT2D eigenvalue weighted by Crippen LogP contribution is -2.27. The van der Waals surface area contributed by atoms with Gasteiger partial charge < -0.3 is 4.74 Å². The molecule has 0 saturated heterocycles. The molecule has 0 amide bonds. The topological polar surface area (TPSA) is 22.1 Å². The Balaban J connectivity index is 2.09. The first-order valence-electron chi connectivity index (χ1n) is 6.54. The van der Waals surface area contributed by atoms with Gasteiger partial charge in [-0.05, 0) is 23.6 Å². The Hall–Kier alpha value is -1.09. The highest BCUT2D eigenvalue weighted by Gasteiger charge is 2.24. The SMILES string of the molecule is CC(C)(C)C(CBr)COc1ccc2cccnc2c1. The number of fused-ring (bicyclic) bond motifs is 1. The lowest BCUT2D eigenvalue weighted by atomic mass is 9.83. The van der Waals surface area contributed by atoms with Crippen LogP contribution in [-0.2, 0) is 0 Å². The van der Waals surface area contributed by atoms with Gasteiger partial charge in [-0.15, -0.1) is 0 Å². The number of pyridine rings is 1. The summed E-state index contributed by atoms with van der Waals surface area (Å²) in [6.45, 7) is 7.44. The summed E-state index contributed by atoms with van der Waals surface area (Å²) in [5, 5.41) is 2.09. The van der Waals surface area contributed by atoms with Gasteiger partial charge in [-0.2, -0.15) is 0 Å². The highest BCUT2D eigenvalue weighted by atomic mass is 79.9. The minimum absolute atomic E-state index is 0.235. The molecule has 1 atom stereocenters. The maximum Gasteiger partial charge on any atom is 0.121 e. The molecule has 0 aliphatic rings. The first kappa shape index (κ1) is 14.3. The molecule has 0 aliphatic heterocycles. The van der Waals surface area contributed by atoms with Gasteiger partial charge in [0.1, 0.15) is 5.75 Å². The first-order valence-corrected chi connectivity index (χ1v) is 7.66. The van der Waals surface area contributed by atoms with Crippen molar-refractivity contribution in [2.24, 2.45) is 11.3 Å². The van der Waals surface area contributed by atoms with E-state index in [9.17, 15) is 0 Å². The molecule has 0 radical (unpaired) electrons. The van der Waals surface area contributed by atoms with Crippen LogP contribution in [0.1, 0.15) is 20.8 Å². The van der Waals surface area contributed by atoms with Crippen LogP contribution in [0.25, 0.3) is 10.9 Å². The summed E-state index contributed by atoms with van der Waals surface area (Å²) in [6, 6.07) is 10.1. The maximum atomic E-state index is 5.92. The van der Waals surface area contributed by atoms with Gasteiger partial charge in [0.15, 0.2) is 0 Å². The number of benzene rings is 1. The standard InChI is InChI=1S/C16H20BrNO/c1-16(2,3)13(10-17)11-19-14-7-6-12-5-4-8-18-15(12)9-14/h4-9,13H,10-11H2,1-3H3. The number of alkyl halides is 1. The number of ether oxygens (including phenoxy) is 1. The summed E-state index contributed by atoms with van der Waals surface area (Å²) in [5.74, 6) is 1.37. The van der Waals surface area contributed by atoms with Crippen LogP contribution in [0, 0.1) is 11.3 Å². The monoisotopic (exact) mass is 321 g/mol. The van der Waals surface area contributed by atoms with Crippen LogP contribution in [-0.4, -0.2) is 16.9 Å². The molecular weight excluding hydrogens is 302 g/mol. The van der Waals surface area contributed by atoms with Gasteiger partial charge in [0.2, 0.25) is 0 Å². The van der Waals surface area contributed by atoms with Crippen LogP contribution in [0.5, 0.6) is 5.75 Å². The fourth-order valence-electron chi connectivity index (χ4n) is 1.86. The van der Waals surface area contributed by atoms with Crippen molar-refractivity contribution >= 4 is 26.8 Å². The lowest BCUT2D eigenvalue weighted by Gasteiger charge is -2.29. The molecule has 2 rings (SSSR count). The van der Waals surface area contributed by atoms with Crippen LogP contribution >= 0.6 is 15.9 Å². The third kappa shape index (κ3) is 3.69. The zero-order valence-electron chi connectivity index (χ0n) is 11.7. The molecule has 2 nitrogen and oxygen atoms in total. The van der Waals surface area contributed by atoms with Gasteiger partial charge >= 0.3 is 0 Å². The van der Waals surface area contributed by atoms with E-state index in [1.54, 1.807) is 0 Å². The third-order valence-electron chi connectivity index (χ3n) is 3.44. The van der Waals surface area contributed by atoms with E-state index >= 15 is 0 Å². The van der Waals surface area contributed by atoms with Gasteiger partial charge in [0.25, 0.3) is 0 Å². The summed E-state index contributed by atoms with van der Waals surface area (Å²) < 4.78 is 5.92. The highest BCUT2D eigenvalue weighted by molar-refractivity contribution is 9.09. The predicted octanol–water partition coefficient (Wildman–Crippen LogP) is 4.67. The molecule has 1 heterocycles. The zero-order chi connectivity index (χ0) is 13.9. The molecule has 0 fully saturated rings. The molecule has 102 valence electrons. The normalized spacial score (nSPS) is 13.5. The van der Waals surface area contributed by atoms with E-state index in [-0.39, 0.29) is 5.41 Å². The van der Waals surface area contributed by atoms with E-state index in [0.29, 0.717) is 12.5 Å². The number of rotatable bonds is 4. The molecule has 3 heteroatoms. The molecule has 2 aromatic rings. The Morgan fingerprint density at radius 2 is 2.05 bits per heavy atom. The molecule has 0 spiro atoms. The second-order valence-electron chi connectivity index (χ2n) is 5.89. The fourth-order valence-corrected chi connectivity index (χ4v) is 3.02. The van der Waals surface area contributed by atoms with Crippen LogP contribution in [0.3, 0.4) is 0 Å². The second-order valence-corrected chi connectivity index (χ2v) is 6.53. The third-order valence-corrected chi connectivity index (χ3v) is 4.22. The Kier molecular flexibility index (Phi) is 4.46. The van der Waals surface area contributed by atoms with Crippen molar-refractivity contribution in [1.29, 1.82) is 0 Å². The molecule has 0 N–H and O–H groups in total. The molecular formula is C16H20BrNO. The van der Waals surface area contributed by atoms with Crippen molar-refractivity contribution < 1.29 is 4.74 Å². The van der Waals surface area contributed by atoms with E-state index in [0.717, 1.165) is 22.0 Å². The summed E-state index contributed by atoms with van der Waals surface area (Å²) in [4.78, 5) is 4.35. The van der Waals surface area contributed by atoms with Gasteiger partial charge in [-0.25, -0.2) is 0 Å². The van der Waals surface area contributed by atoms with E-state index in [4.69, 9.17) is 4.74 Å². The molecule has 0 bridgehead atoms. The van der Waals surface area contributed by atoms with E-state index in [2.05, 4.69) is 53.8 Å². The Morgan fingerprint density at radius 1 is 1.26 bits per heavy atom. The van der Waals surface area contributed by atoms with Crippen molar-refractivity contribution in [1.82, 2.24) is 4.98 Å². The van der Waals surface area contributed by atoms with Crippen molar-refractivity contribution in [2.45, 2.75) is 20.8 Å². The van der Waals surface area contributed by atoms with Crippen LogP contribution < -0.4 is 4.74 Å². The minimum atomic E-state index is 0.235. The highest BCUT2D eigenvalue weighted by Crippen LogP contribution is 2.28. The summed E-state index contributed by atoms with van der Waals surface area (Å²) in [6.07, 6.45) is 1.81. The van der Waals surface area contributed by atoms with E-state index in [1.165, 1.54) is 0 Å². The average Bonchev–Trinajstić information content (AvgIpc) is 2.37. The second kappa shape index (κ2) is 5.91. The van der Waals surface area contributed by atoms with Gasteiger partial charge in [0, 0.05) is 28.9 Å². The Labute approximate surface area is 123 Å². The summed E-state index contributed by atoms with van der Waals surface area (Å²) >= 11 is 3.57. The summed E-state index contributed by atoms with van der Waals surface area (Å²) in [5.41, 5.74) is 1.21. The molecule has 19 heavy (non-hydrogen) atoms. The molecule has 1 aromatic heterocycles. The average molecular weight is 322 g/mol. The number of hydrogen-bond donors (Lipinski definition) is 0. The van der Waals surface area contributed by atoms with Crippen LogP contribution in [0.2, 0.25) is 0 Å². The fraction of sp³-hybridized carbons (Fsp3) is 0.438. The first-order chi connectivity index (χ1) is 9.00. The van der Waals surface area contributed by atoms with Crippen molar-refractivity contribution in [3.05, 3.63) is 36.5 Å². The number of hydrogen-bond acceptors (Lipinski definition) is 2. The zero-order valence-corrected chi connectivity index (χ0v) is 13.3. The van der Waals surface area contributed by atoms with Gasteiger partial charge in [-0.3, -0.25) is 4.98 Å². The molecule has 0 saturated carbocycles. The number of halogens is 1. The Morgan fingerprint density at radius 3 is 2.74 bits per heavy atom. The van der Waals surface area contributed by atoms with Crippen LogP contribution in [0.15, 0.2) is 36.5 Å². The quantitative estimate of drug-likeness (QED) is 0.763. The number of aromatic nitrogens is 1. The number of nitrogens with zero attached hydrogens (tertiary/aromatic N) is 1. The maximum absolute atomic E-state index is 5.92. The van der Waals surface area contributed by atoms with Gasteiger partial charge in [-0.1, -0.05) is 42.8 Å². The van der Waals surface area contributed by atoms with E-state index in [1.807, 2.05) is 24.4 Å². The smallest absolute Gasteiger partial charge is 0.121 e. The van der Waals surface area contributed by atoms with Crippen molar-refractivity contribution in [2.75, 3.05) is 11.9 Å². The van der Waals surface area contributed by atoms with Crippen molar-refractivity contribution in [3.63, 3.8) is 0 Å². The molecule has 0 aliphatic carbocycles. The molecule has 1 aromatic carbocycles. The molecule has 1 unspecified atom stereocenters. The van der Waals surface area contributed by atoms with Crippen LogP contribution in [0.4, 0.5) is 0 Å². The summed E-state index contributed by atoms with van der Waals surface area (Å²) in [7, 11) is 0.